The summed E-state index contributed by atoms with van der Waals surface area (Å²) in [6, 6.07) is 0.126. The largest absolute Gasteiger partial charge is 0.473 e. The predicted octanol–water partition coefficient (Wildman–Crippen LogP) is 5.20. The molecule has 2 amide bonds. The van der Waals surface area contributed by atoms with Crippen molar-refractivity contribution in [2.75, 3.05) is 10.6 Å². The second-order valence-electron chi connectivity index (χ2n) is 12.4. The lowest BCUT2D eigenvalue weighted by atomic mass is 9.93. The number of amides is 2. The number of halogens is 2. The third-order valence-electron chi connectivity index (χ3n) is 8.22. The molecular formula is C34H42Cl2N12O4. The zero-order chi connectivity index (χ0) is 37.0. The lowest BCUT2D eigenvalue weighted by molar-refractivity contribution is -0.118. The van der Waals surface area contributed by atoms with E-state index >= 15 is 0 Å². The van der Waals surface area contributed by atoms with Crippen molar-refractivity contribution in [2.45, 2.75) is 75.7 Å². The molecule has 4 heterocycles. The molecule has 0 bridgehead atoms. The number of anilines is 4. The van der Waals surface area contributed by atoms with E-state index in [2.05, 4.69) is 64.6 Å². The van der Waals surface area contributed by atoms with Crippen LogP contribution in [0.3, 0.4) is 0 Å². The highest BCUT2D eigenvalue weighted by Gasteiger charge is 2.27. The molecule has 2 aliphatic carbocycles. The molecule has 16 nitrogen and oxygen atoms in total. The van der Waals surface area contributed by atoms with Gasteiger partial charge in [0.25, 0.3) is 0 Å². The average molecular weight is 754 g/mol. The molecule has 18 heteroatoms. The summed E-state index contributed by atoms with van der Waals surface area (Å²) < 4.78 is 15.3. The van der Waals surface area contributed by atoms with Gasteiger partial charge in [0.2, 0.25) is 35.5 Å². The third kappa shape index (κ3) is 11.4. The van der Waals surface area contributed by atoms with Gasteiger partial charge in [-0.3, -0.25) is 19.0 Å². The Kier molecular flexibility index (Phi) is 13.4. The van der Waals surface area contributed by atoms with Crippen LogP contribution in [0.15, 0.2) is 62.5 Å². The van der Waals surface area contributed by atoms with E-state index < -0.39 is 0 Å². The molecular weight excluding hydrogens is 711 g/mol. The van der Waals surface area contributed by atoms with Crippen LogP contribution in [-0.2, 0) is 23.7 Å². The Labute approximate surface area is 311 Å². The van der Waals surface area contributed by atoms with Crippen molar-refractivity contribution in [1.29, 1.82) is 0 Å². The fourth-order valence-corrected chi connectivity index (χ4v) is 6.09. The van der Waals surface area contributed by atoms with Gasteiger partial charge in [-0.1, -0.05) is 36.4 Å². The van der Waals surface area contributed by atoms with Crippen molar-refractivity contribution in [3.8, 4) is 11.8 Å². The molecule has 52 heavy (non-hydrogen) atoms. The molecule has 2 fully saturated rings. The van der Waals surface area contributed by atoms with Crippen molar-refractivity contribution in [2.24, 2.45) is 14.1 Å². The number of carbonyl (C=O) groups excluding carboxylic acids is 2. The van der Waals surface area contributed by atoms with Gasteiger partial charge in [0.15, 0.2) is 0 Å². The molecule has 4 unspecified atom stereocenters. The van der Waals surface area contributed by atoms with E-state index in [1.54, 1.807) is 21.8 Å². The Morgan fingerprint density at radius 2 is 1.15 bits per heavy atom. The molecule has 2 aliphatic rings. The Hall–Kier alpha value is -5.22. The van der Waals surface area contributed by atoms with Gasteiger partial charge in [-0.25, -0.2) is 9.97 Å². The highest BCUT2D eigenvalue weighted by molar-refractivity contribution is 6.32. The number of aromatic nitrogens is 8. The summed E-state index contributed by atoms with van der Waals surface area (Å²) >= 11 is 12.4. The highest BCUT2D eigenvalue weighted by atomic mass is 35.5. The first-order chi connectivity index (χ1) is 25.1. The van der Waals surface area contributed by atoms with Crippen LogP contribution in [0.1, 0.15) is 51.4 Å². The van der Waals surface area contributed by atoms with E-state index in [4.69, 9.17) is 32.7 Å². The average Bonchev–Trinajstić information content (AvgIpc) is 3.74. The third-order valence-corrected chi connectivity index (χ3v) is 8.74. The first kappa shape index (κ1) is 38.0. The summed E-state index contributed by atoms with van der Waals surface area (Å²) in [5, 5.41) is 20.8. The van der Waals surface area contributed by atoms with Crippen LogP contribution in [0.25, 0.3) is 0 Å². The minimum absolute atomic E-state index is 0.0628. The van der Waals surface area contributed by atoms with Crippen molar-refractivity contribution >= 4 is 58.3 Å². The number of aryl methyl sites for hydroxylation is 2. The van der Waals surface area contributed by atoms with Crippen LogP contribution in [0.4, 0.5) is 23.3 Å². The van der Waals surface area contributed by atoms with E-state index in [0.717, 1.165) is 49.9 Å². The molecule has 4 aromatic rings. The van der Waals surface area contributed by atoms with Crippen molar-refractivity contribution in [1.82, 2.24) is 50.1 Å². The zero-order valence-corrected chi connectivity index (χ0v) is 30.5. The summed E-state index contributed by atoms with van der Waals surface area (Å²) in [4.78, 5) is 40.0. The first-order valence-corrected chi connectivity index (χ1v) is 17.6. The molecule has 4 N–H and O–H groups in total. The van der Waals surface area contributed by atoms with E-state index in [9.17, 15) is 9.59 Å². The Morgan fingerprint density at radius 1 is 0.731 bits per heavy atom. The summed E-state index contributed by atoms with van der Waals surface area (Å²) in [7, 11) is 3.65. The number of carbonyl (C=O) groups is 2. The van der Waals surface area contributed by atoms with Crippen LogP contribution < -0.4 is 30.7 Å². The van der Waals surface area contributed by atoms with Crippen molar-refractivity contribution in [3.63, 3.8) is 0 Å². The van der Waals surface area contributed by atoms with Gasteiger partial charge in [0, 0.05) is 51.4 Å². The quantitative estimate of drug-likeness (QED) is 0.139. The fourth-order valence-electron chi connectivity index (χ4n) is 5.82. The minimum atomic E-state index is -0.168. The van der Waals surface area contributed by atoms with Gasteiger partial charge in [0.05, 0.1) is 36.2 Å². The molecule has 0 saturated heterocycles. The van der Waals surface area contributed by atoms with E-state index in [1.165, 1.54) is 24.5 Å². The molecule has 6 rings (SSSR count). The number of ether oxygens (including phenoxy) is 2. The molecule has 0 aromatic carbocycles. The van der Waals surface area contributed by atoms with Gasteiger partial charge in [-0.2, -0.15) is 20.2 Å². The topological polar surface area (TPSA) is 188 Å². The lowest BCUT2D eigenvalue weighted by Crippen LogP contribution is -2.40. The second kappa shape index (κ2) is 18.3. The molecule has 0 spiro atoms. The van der Waals surface area contributed by atoms with E-state index in [0.29, 0.717) is 46.5 Å². The Morgan fingerprint density at radius 3 is 1.52 bits per heavy atom. The summed E-state index contributed by atoms with van der Waals surface area (Å²) in [6.07, 6.45) is 19.3. The predicted molar refractivity (Wildman–Crippen MR) is 197 cm³/mol. The van der Waals surface area contributed by atoms with E-state index in [-0.39, 0.29) is 36.1 Å². The zero-order valence-electron chi connectivity index (χ0n) is 29.0. The van der Waals surface area contributed by atoms with Gasteiger partial charge in [-0.15, -0.1) is 0 Å². The van der Waals surface area contributed by atoms with Gasteiger partial charge < -0.3 is 30.7 Å². The monoisotopic (exact) mass is 752 g/mol. The second-order valence-corrected chi connectivity index (χ2v) is 13.2. The molecule has 4 atom stereocenters. The maximum atomic E-state index is 11.5. The number of hydrogen-bond acceptors (Lipinski definition) is 12. The smallest absolute Gasteiger partial charge is 0.243 e. The summed E-state index contributed by atoms with van der Waals surface area (Å²) in [5.74, 6) is 1.08. The number of hydrogen-bond donors (Lipinski definition) is 4. The van der Waals surface area contributed by atoms with E-state index in [1.807, 2.05) is 26.5 Å². The highest BCUT2D eigenvalue weighted by Crippen LogP contribution is 2.30. The van der Waals surface area contributed by atoms with Gasteiger partial charge >= 0.3 is 0 Å². The van der Waals surface area contributed by atoms with Crippen LogP contribution in [0.5, 0.6) is 11.8 Å². The van der Waals surface area contributed by atoms with Gasteiger partial charge in [0.1, 0.15) is 22.3 Å². The van der Waals surface area contributed by atoms with Crippen LogP contribution in [-0.4, -0.2) is 75.6 Å². The lowest BCUT2D eigenvalue weighted by Gasteiger charge is -2.29. The standard InChI is InChI=1S/2C17H21ClN6O2/c2*1-3-15(25)21-11-5-4-6-13(7-11)26-16-14(18)9-19-17(23-16)22-12-8-20-24(2)10-12/h2*3,8-11,13H,1,4-7H2,2H3,(H,21,25)(H,19,22,23). The Bertz CT molecular complexity index is 1720. The molecule has 4 aromatic heterocycles. The van der Waals surface area contributed by atoms with Crippen molar-refractivity contribution in [3.05, 3.63) is 72.5 Å². The number of nitrogens with one attached hydrogen (secondary N) is 4. The van der Waals surface area contributed by atoms with Crippen LogP contribution in [0, 0.1) is 0 Å². The number of nitrogens with zero attached hydrogens (tertiary/aromatic N) is 8. The minimum Gasteiger partial charge on any atom is -0.473 e. The van der Waals surface area contributed by atoms with Crippen LogP contribution >= 0.6 is 23.2 Å². The number of rotatable bonds is 12. The fraction of sp³-hybridized carbons (Fsp3) is 0.412. The molecule has 0 radical (unpaired) electrons. The molecule has 2 saturated carbocycles. The van der Waals surface area contributed by atoms with Gasteiger partial charge in [-0.05, 0) is 50.7 Å². The molecule has 276 valence electrons. The first-order valence-electron chi connectivity index (χ1n) is 16.8. The Balaban J connectivity index is 0.000000201. The van der Waals surface area contributed by atoms with Crippen LogP contribution in [0.2, 0.25) is 10.0 Å². The summed E-state index contributed by atoms with van der Waals surface area (Å²) in [6.45, 7) is 6.96. The maximum absolute atomic E-state index is 11.5. The maximum Gasteiger partial charge on any atom is 0.243 e. The normalized spacial score (nSPS) is 19.6. The SMILES string of the molecule is C=CC(=O)NC1CCCC(Oc2nc(Nc3cnn(C)c3)ncc2Cl)C1.C=CC(=O)NC1CCCC(Oc2nc(Nc3cnn(C)c3)ncc2Cl)C1. The molecule has 0 aliphatic heterocycles. The van der Waals surface area contributed by atoms with Crippen molar-refractivity contribution < 1.29 is 19.1 Å². The summed E-state index contributed by atoms with van der Waals surface area (Å²) in [5.41, 5.74) is 1.54.